The minimum Gasteiger partial charge on any atom is -0.480 e. The number of aromatic nitrogens is 1. The van der Waals surface area contributed by atoms with E-state index in [2.05, 4.69) is 5.32 Å². The molecule has 0 aliphatic heterocycles. The molecule has 0 saturated heterocycles. The number of nitrogens with one attached hydrogen (secondary N) is 1. The monoisotopic (exact) mass is 286 g/mol. The molecule has 0 fully saturated rings. The maximum atomic E-state index is 12.0. The summed E-state index contributed by atoms with van der Waals surface area (Å²) in [6.45, 7) is 5.42. The van der Waals surface area contributed by atoms with Crippen LogP contribution in [-0.2, 0) is 11.8 Å². The number of carbonyl (C=O) groups excluding carboxylic acids is 1. The first-order chi connectivity index (χ1) is 8.73. The maximum absolute atomic E-state index is 12.0. The van der Waals surface area contributed by atoms with Crippen LogP contribution in [0.15, 0.2) is 4.79 Å². The third kappa shape index (κ3) is 3.66. The Morgan fingerprint density at radius 1 is 1.42 bits per heavy atom. The molecule has 7 heteroatoms. The largest absolute Gasteiger partial charge is 0.480 e. The molecule has 0 aliphatic rings. The number of hydrogen-bond acceptors (Lipinski definition) is 4. The standard InChI is InChI=1S/C12H18N2O4S/c1-6(2)5-8(11(16)17)13-10(15)9-7(3)14(4)12(18)19-9/h6,8H,5H2,1-4H3,(H,13,15)(H,16,17). The summed E-state index contributed by atoms with van der Waals surface area (Å²) in [5.41, 5.74) is 0.543. The number of rotatable bonds is 5. The van der Waals surface area contributed by atoms with Gasteiger partial charge in [0.25, 0.3) is 5.91 Å². The molecule has 0 radical (unpaired) electrons. The molecule has 1 rings (SSSR count). The van der Waals surface area contributed by atoms with Crippen molar-refractivity contribution in [3.8, 4) is 0 Å². The fraction of sp³-hybridized carbons (Fsp3) is 0.583. The number of amides is 1. The fourth-order valence-corrected chi connectivity index (χ4v) is 2.53. The zero-order valence-corrected chi connectivity index (χ0v) is 12.2. The first kappa shape index (κ1) is 15.4. The lowest BCUT2D eigenvalue weighted by atomic mass is 10.0. The molecule has 1 aromatic rings. The van der Waals surface area contributed by atoms with Crippen LogP contribution in [0.3, 0.4) is 0 Å². The van der Waals surface area contributed by atoms with Gasteiger partial charge in [-0.15, -0.1) is 0 Å². The van der Waals surface area contributed by atoms with Gasteiger partial charge in [-0.05, 0) is 19.3 Å². The Kier molecular flexibility index (Phi) is 4.88. The summed E-state index contributed by atoms with van der Waals surface area (Å²) in [6.07, 6.45) is 0.349. The summed E-state index contributed by atoms with van der Waals surface area (Å²) >= 11 is 0.824. The van der Waals surface area contributed by atoms with E-state index in [0.717, 1.165) is 11.3 Å². The highest BCUT2D eigenvalue weighted by molar-refractivity contribution is 7.11. The van der Waals surface area contributed by atoms with Crippen LogP contribution in [0.4, 0.5) is 0 Å². The van der Waals surface area contributed by atoms with E-state index < -0.39 is 17.9 Å². The minimum atomic E-state index is -1.07. The lowest BCUT2D eigenvalue weighted by Gasteiger charge is -2.16. The summed E-state index contributed by atoms with van der Waals surface area (Å²) < 4.78 is 1.37. The number of nitrogens with zero attached hydrogens (tertiary/aromatic N) is 1. The van der Waals surface area contributed by atoms with Crippen molar-refractivity contribution < 1.29 is 14.7 Å². The topological polar surface area (TPSA) is 88.4 Å². The molecule has 19 heavy (non-hydrogen) atoms. The van der Waals surface area contributed by atoms with Crippen LogP contribution in [0.1, 0.15) is 35.6 Å². The van der Waals surface area contributed by atoms with E-state index in [4.69, 9.17) is 5.11 Å². The van der Waals surface area contributed by atoms with E-state index in [1.807, 2.05) is 13.8 Å². The average Bonchev–Trinajstić information content (AvgIpc) is 2.55. The average molecular weight is 286 g/mol. The highest BCUT2D eigenvalue weighted by Crippen LogP contribution is 2.12. The quantitative estimate of drug-likeness (QED) is 0.844. The summed E-state index contributed by atoms with van der Waals surface area (Å²) in [6, 6.07) is -0.936. The second-order valence-electron chi connectivity index (χ2n) is 4.84. The molecule has 106 valence electrons. The minimum absolute atomic E-state index is 0.150. The van der Waals surface area contributed by atoms with Crippen LogP contribution in [0.5, 0.6) is 0 Å². The number of carboxylic acids is 1. The zero-order chi connectivity index (χ0) is 14.7. The number of aliphatic carboxylic acids is 1. The van der Waals surface area contributed by atoms with E-state index in [0.29, 0.717) is 12.1 Å². The van der Waals surface area contributed by atoms with Gasteiger partial charge in [0.15, 0.2) is 0 Å². The normalized spacial score (nSPS) is 12.5. The van der Waals surface area contributed by atoms with Crippen LogP contribution in [0.25, 0.3) is 0 Å². The van der Waals surface area contributed by atoms with Crippen molar-refractivity contribution in [3.05, 3.63) is 20.2 Å². The number of hydrogen-bond donors (Lipinski definition) is 2. The Morgan fingerprint density at radius 2 is 2.00 bits per heavy atom. The van der Waals surface area contributed by atoms with E-state index in [1.165, 1.54) is 4.57 Å². The van der Waals surface area contributed by atoms with Gasteiger partial charge in [-0.1, -0.05) is 25.2 Å². The number of carboxylic acid groups (broad SMARTS) is 1. The van der Waals surface area contributed by atoms with Crippen molar-refractivity contribution in [2.24, 2.45) is 13.0 Å². The van der Waals surface area contributed by atoms with Gasteiger partial charge in [0.05, 0.1) is 0 Å². The second-order valence-corrected chi connectivity index (χ2v) is 5.80. The zero-order valence-electron chi connectivity index (χ0n) is 11.4. The van der Waals surface area contributed by atoms with E-state index >= 15 is 0 Å². The van der Waals surface area contributed by atoms with Gasteiger partial charge in [0.2, 0.25) is 0 Å². The molecule has 1 atom stereocenters. The Hall–Kier alpha value is -1.63. The molecule has 0 bridgehead atoms. The third-order valence-corrected chi connectivity index (χ3v) is 3.95. The number of carbonyl (C=O) groups is 2. The molecule has 1 unspecified atom stereocenters. The van der Waals surface area contributed by atoms with Gasteiger partial charge in [-0.25, -0.2) is 4.79 Å². The van der Waals surface area contributed by atoms with Gasteiger partial charge in [-0.2, -0.15) is 0 Å². The van der Waals surface area contributed by atoms with Crippen molar-refractivity contribution in [1.82, 2.24) is 9.88 Å². The molecule has 0 saturated carbocycles. The fourth-order valence-electron chi connectivity index (χ4n) is 1.65. The first-order valence-corrected chi connectivity index (χ1v) is 6.75. The molecule has 0 spiro atoms. The molecular weight excluding hydrogens is 268 g/mol. The van der Waals surface area contributed by atoms with E-state index in [9.17, 15) is 14.4 Å². The van der Waals surface area contributed by atoms with Gasteiger partial charge in [0, 0.05) is 12.7 Å². The molecule has 2 N–H and O–H groups in total. The maximum Gasteiger partial charge on any atom is 0.326 e. The molecule has 0 aliphatic carbocycles. The lowest BCUT2D eigenvalue weighted by molar-refractivity contribution is -0.139. The molecule has 1 heterocycles. The molecule has 1 aromatic heterocycles. The van der Waals surface area contributed by atoms with Gasteiger partial charge >= 0.3 is 10.8 Å². The Labute approximate surface area is 115 Å². The van der Waals surface area contributed by atoms with Gasteiger partial charge in [-0.3, -0.25) is 9.59 Å². The molecular formula is C12H18N2O4S. The molecule has 0 aromatic carbocycles. The summed E-state index contributed by atoms with van der Waals surface area (Å²) in [7, 11) is 1.58. The summed E-state index contributed by atoms with van der Waals surface area (Å²) in [4.78, 5) is 34.6. The Bertz CT molecular complexity index is 544. The van der Waals surface area contributed by atoms with E-state index in [1.54, 1.807) is 14.0 Å². The van der Waals surface area contributed by atoms with Crippen molar-refractivity contribution in [3.63, 3.8) is 0 Å². The molecule has 1 amide bonds. The van der Waals surface area contributed by atoms with Crippen molar-refractivity contribution in [1.29, 1.82) is 0 Å². The van der Waals surface area contributed by atoms with Crippen LogP contribution < -0.4 is 10.2 Å². The van der Waals surface area contributed by atoms with Crippen LogP contribution in [-0.4, -0.2) is 27.6 Å². The highest BCUT2D eigenvalue weighted by atomic mass is 32.1. The first-order valence-electron chi connectivity index (χ1n) is 5.94. The van der Waals surface area contributed by atoms with E-state index in [-0.39, 0.29) is 15.7 Å². The SMILES string of the molecule is Cc1c(C(=O)NC(CC(C)C)C(=O)O)sc(=O)n1C. The highest BCUT2D eigenvalue weighted by Gasteiger charge is 2.24. The predicted octanol–water partition coefficient (Wildman–Crippen LogP) is 0.984. The smallest absolute Gasteiger partial charge is 0.326 e. The number of thiazole rings is 1. The summed E-state index contributed by atoms with van der Waals surface area (Å²) in [5.74, 6) is -1.42. The van der Waals surface area contributed by atoms with Crippen molar-refractivity contribution in [2.75, 3.05) is 0 Å². The Balaban J connectivity index is 2.91. The van der Waals surface area contributed by atoms with Gasteiger partial charge < -0.3 is 15.0 Å². The van der Waals surface area contributed by atoms with Gasteiger partial charge in [0.1, 0.15) is 10.9 Å². The Morgan fingerprint density at radius 3 is 2.37 bits per heavy atom. The van der Waals surface area contributed by atoms with Crippen LogP contribution >= 0.6 is 11.3 Å². The van der Waals surface area contributed by atoms with Crippen molar-refractivity contribution in [2.45, 2.75) is 33.2 Å². The summed E-state index contributed by atoms with van der Waals surface area (Å²) in [5, 5.41) is 11.5. The lowest BCUT2D eigenvalue weighted by Crippen LogP contribution is -2.41. The predicted molar refractivity (Wildman–Crippen MR) is 72.6 cm³/mol. The van der Waals surface area contributed by atoms with Crippen LogP contribution in [0, 0.1) is 12.8 Å². The van der Waals surface area contributed by atoms with Crippen LogP contribution in [0.2, 0.25) is 0 Å². The van der Waals surface area contributed by atoms with Crippen molar-refractivity contribution >= 4 is 23.2 Å². The third-order valence-electron chi connectivity index (χ3n) is 2.81. The molecule has 6 nitrogen and oxygen atoms in total. The second kappa shape index (κ2) is 6.01.